The smallest absolute Gasteiger partial charge is 0.410 e. The molecule has 0 radical (unpaired) electrons. The van der Waals surface area contributed by atoms with E-state index in [2.05, 4.69) is 0 Å². The first-order valence-electron chi connectivity index (χ1n) is 6.53. The lowest BCUT2D eigenvalue weighted by molar-refractivity contribution is 0.0117. The molecule has 1 heterocycles. The molecule has 118 valence electrons. The fraction of sp³-hybridized carbons (Fsp3) is 0.917. The van der Waals surface area contributed by atoms with Crippen molar-refractivity contribution in [2.24, 2.45) is 0 Å². The van der Waals surface area contributed by atoms with Gasteiger partial charge in [0.25, 0.3) is 0 Å². The summed E-state index contributed by atoms with van der Waals surface area (Å²) < 4.78 is 27.1. The van der Waals surface area contributed by atoms with E-state index in [4.69, 9.17) is 13.8 Å². The van der Waals surface area contributed by atoms with Crippen molar-refractivity contribution in [3.8, 4) is 0 Å². The highest BCUT2D eigenvalue weighted by Crippen LogP contribution is 2.53. The minimum absolute atomic E-state index is 0.448. The fourth-order valence-corrected chi connectivity index (χ4v) is 3.46. The zero-order valence-corrected chi connectivity index (χ0v) is 13.6. The Morgan fingerprint density at radius 1 is 1.35 bits per heavy atom. The molecule has 1 amide bonds. The van der Waals surface area contributed by atoms with Crippen LogP contribution in [0.25, 0.3) is 0 Å². The van der Waals surface area contributed by atoms with Gasteiger partial charge in [0.1, 0.15) is 5.60 Å². The van der Waals surface area contributed by atoms with Gasteiger partial charge < -0.3 is 23.8 Å². The van der Waals surface area contributed by atoms with E-state index < -0.39 is 31.2 Å². The summed E-state index contributed by atoms with van der Waals surface area (Å²) in [6.07, 6.45) is 0.698. The van der Waals surface area contributed by atoms with Gasteiger partial charge in [0.15, 0.2) is 5.85 Å². The SMILES string of the molecule is COP(=O)(OC)[C@@H](O)[C@@H]1CCCN1C(=O)OC(C)(C)C. The highest BCUT2D eigenvalue weighted by atomic mass is 31.2. The summed E-state index contributed by atoms with van der Waals surface area (Å²) in [5.74, 6) is -1.38. The van der Waals surface area contributed by atoms with Crippen LogP contribution < -0.4 is 0 Å². The fourth-order valence-electron chi connectivity index (χ4n) is 2.15. The molecule has 1 saturated heterocycles. The number of hydrogen-bond donors (Lipinski definition) is 1. The van der Waals surface area contributed by atoms with Crippen LogP contribution in [0.5, 0.6) is 0 Å². The quantitative estimate of drug-likeness (QED) is 0.801. The molecule has 0 aromatic rings. The van der Waals surface area contributed by atoms with Gasteiger partial charge in [0, 0.05) is 20.8 Å². The molecule has 1 aliphatic heterocycles. The van der Waals surface area contributed by atoms with Crippen molar-refractivity contribution in [3.63, 3.8) is 0 Å². The third kappa shape index (κ3) is 3.95. The Bertz CT molecular complexity index is 386. The first kappa shape index (κ1) is 17.4. The van der Waals surface area contributed by atoms with Gasteiger partial charge in [-0.25, -0.2) is 4.79 Å². The van der Waals surface area contributed by atoms with Gasteiger partial charge in [-0.2, -0.15) is 0 Å². The largest absolute Gasteiger partial charge is 0.444 e. The molecule has 1 rings (SSSR count). The highest BCUT2D eigenvalue weighted by Gasteiger charge is 2.45. The van der Waals surface area contributed by atoms with E-state index in [1.807, 2.05) is 0 Å². The Kier molecular flexibility index (Phi) is 5.61. The van der Waals surface area contributed by atoms with Crippen molar-refractivity contribution in [3.05, 3.63) is 0 Å². The van der Waals surface area contributed by atoms with Crippen LogP contribution in [0.2, 0.25) is 0 Å². The lowest BCUT2D eigenvalue weighted by atomic mass is 10.2. The molecule has 1 N–H and O–H groups in total. The summed E-state index contributed by atoms with van der Waals surface area (Å²) in [5, 5.41) is 10.2. The number of ether oxygens (including phenoxy) is 1. The number of aliphatic hydroxyl groups is 1. The van der Waals surface area contributed by atoms with Gasteiger partial charge in [0.05, 0.1) is 6.04 Å². The lowest BCUT2D eigenvalue weighted by Crippen LogP contribution is -2.45. The van der Waals surface area contributed by atoms with Crippen molar-refractivity contribution in [2.45, 2.75) is 51.1 Å². The minimum atomic E-state index is -3.64. The number of carbonyl (C=O) groups excluding carboxylic acids is 1. The van der Waals surface area contributed by atoms with E-state index >= 15 is 0 Å². The molecule has 0 aromatic carbocycles. The van der Waals surface area contributed by atoms with Gasteiger partial charge >= 0.3 is 13.7 Å². The van der Waals surface area contributed by atoms with Crippen molar-refractivity contribution < 1.29 is 28.3 Å². The molecular weight excluding hydrogens is 285 g/mol. The molecule has 0 aromatic heterocycles. The van der Waals surface area contributed by atoms with Gasteiger partial charge in [-0.1, -0.05) is 0 Å². The topological polar surface area (TPSA) is 85.3 Å². The number of carbonyl (C=O) groups is 1. The van der Waals surface area contributed by atoms with Crippen LogP contribution in [0.3, 0.4) is 0 Å². The number of likely N-dealkylation sites (tertiary alicyclic amines) is 1. The molecule has 7 nitrogen and oxygen atoms in total. The second-order valence-electron chi connectivity index (χ2n) is 5.70. The minimum Gasteiger partial charge on any atom is -0.444 e. The van der Waals surface area contributed by atoms with E-state index in [0.29, 0.717) is 19.4 Å². The third-order valence-electron chi connectivity index (χ3n) is 3.10. The first-order chi connectivity index (χ1) is 9.14. The number of hydrogen-bond acceptors (Lipinski definition) is 6. The monoisotopic (exact) mass is 309 g/mol. The van der Waals surface area contributed by atoms with Crippen molar-refractivity contribution >= 4 is 13.7 Å². The maximum Gasteiger partial charge on any atom is 0.410 e. The molecule has 1 aliphatic rings. The lowest BCUT2D eigenvalue weighted by Gasteiger charge is -2.32. The summed E-state index contributed by atoms with van der Waals surface area (Å²) in [4.78, 5) is 13.5. The zero-order chi connectivity index (χ0) is 15.6. The average molecular weight is 309 g/mol. The number of nitrogens with zero attached hydrogens (tertiary/aromatic N) is 1. The standard InChI is InChI=1S/C12H24NO6P/c1-12(2,3)19-11(15)13-8-6-7-9(13)10(14)20(16,17-4)18-5/h9-10,14H,6-8H2,1-5H3/t9-,10+/m0/s1. The average Bonchev–Trinajstić information content (AvgIpc) is 2.84. The predicted octanol–water partition coefficient (Wildman–Crippen LogP) is 2.19. The summed E-state index contributed by atoms with van der Waals surface area (Å²) in [7, 11) is -1.23. The summed E-state index contributed by atoms with van der Waals surface area (Å²) in [6.45, 7) is 5.74. The number of rotatable bonds is 4. The van der Waals surface area contributed by atoms with Gasteiger partial charge in [-0.3, -0.25) is 4.57 Å². The van der Waals surface area contributed by atoms with Gasteiger partial charge in [0.2, 0.25) is 0 Å². The van der Waals surface area contributed by atoms with E-state index in [9.17, 15) is 14.5 Å². The first-order valence-corrected chi connectivity index (χ1v) is 8.14. The van der Waals surface area contributed by atoms with Crippen LogP contribution in [-0.2, 0) is 18.3 Å². The van der Waals surface area contributed by atoms with E-state index in [-0.39, 0.29) is 0 Å². The molecule has 0 saturated carbocycles. The van der Waals surface area contributed by atoms with Crippen molar-refractivity contribution in [1.82, 2.24) is 4.90 Å². The molecule has 0 spiro atoms. The normalized spacial score (nSPS) is 21.9. The Balaban J connectivity index is 2.84. The molecule has 0 aliphatic carbocycles. The van der Waals surface area contributed by atoms with Crippen molar-refractivity contribution in [2.75, 3.05) is 20.8 Å². The van der Waals surface area contributed by atoms with E-state index in [1.165, 1.54) is 19.1 Å². The molecular formula is C12H24NO6P. The second-order valence-corrected chi connectivity index (χ2v) is 8.04. The van der Waals surface area contributed by atoms with Crippen molar-refractivity contribution in [1.29, 1.82) is 0 Å². The van der Waals surface area contributed by atoms with Gasteiger partial charge in [-0.05, 0) is 33.6 Å². The summed E-state index contributed by atoms with van der Waals surface area (Å²) in [5.41, 5.74) is -0.624. The van der Waals surface area contributed by atoms with E-state index in [0.717, 1.165) is 0 Å². The van der Waals surface area contributed by atoms with Gasteiger partial charge in [-0.15, -0.1) is 0 Å². The summed E-state index contributed by atoms with van der Waals surface area (Å²) in [6, 6.07) is -0.629. The Hall–Kier alpha value is -0.620. The molecule has 1 fully saturated rings. The van der Waals surface area contributed by atoms with Crippen LogP contribution in [0.1, 0.15) is 33.6 Å². The summed E-state index contributed by atoms with van der Waals surface area (Å²) >= 11 is 0. The third-order valence-corrected chi connectivity index (χ3v) is 5.11. The molecule has 2 atom stereocenters. The van der Waals surface area contributed by atoms with Crippen LogP contribution in [0, 0.1) is 0 Å². The molecule has 0 bridgehead atoms. The number of aliphatic hydroxyl groups excluding tert-OH is 1. The Morgan fingerprint density at radius 2 is 1.90 bits per heavy atom. The molecule has 0 unspecified atom stereocenters. The van der Waals surface area contributed by atoms with E-state index in [1.54, 1.807) is 20.8 Å². The number of amides is 1. The Labute approximate surface area is 119 Å². The Morgan fingerprint density at radius 3 is 2.35 bits per heavy atom. The second kappa shape index (κ2) is 6.43. The van der Waals surface area contributed by atoms with Crippen LogP contribution in [0.4, 0.5) is 4.79 Å². The maximum absolute atomic E-state index is 12.2. The highest BCUT2D eigenvalue weighted by molar-refractivity contribution is 7.54. The maximum atomic E-state index is 12.2. The predicted molar refractivity (Wildman–Crippen MR) is 73.6 cm³/mol. The zero-order valence-electron chi connectivity index (χ0n) is 12.7. The molecule has 8 heteroatoms. The van der Waals surface area contributed by atoms with Crippen LogP contribution in [0.15, 0.2) is 0 Å². The molecule has 20 heavy (non-hydrogen) atoms. The van der Waals surface area contributed by atoms with Crippen LogP contribution in [-0.4, -0.2) is 54.4 Å². The van der Waals surface area contributed by atoms with Crippen LogP contribution >= 0.6 is 7.60 Å².